The number of pyridine rings is 3. The van der Waals surface area contributed by atoms with Crippen molar-refractivity contribution in [1.29, 1.82) is 0 Å². The molecule has 4 aromatic rings. The van der Waals surface area contributed by atoms with Crippen LogP contribution in [0.2, 0.25) is 0 Å². The summed E-state index contributed by atoms with van der Waals surface area (Å²) in [4.78, 5) is 14.1. The quantitative estimate of drug-likeness (QED) is 0.491. The van der Waals surface area contributed by atoms with Crippen LogP contribution < -0.4 is 0 Å². The molecule has 3 nitrogen and oxygen atoms in total. The number of benzene rings is 1. The zero-order chi connectivity index (χ0) is 16.4. The molecule has 0 spiro atoms. The predicted octanol–water partition coefficient (Wildman–Crippen LogP) is 5.08. The van der Waals surface area contributed by atoms with Crippen molar-refractivity contribution in [2.75, 3.05) is 6.26 Å². The van der Waals surface area contributed by atoms with Gasteiger partial charge in [0, 0.05) is 46.8 Å². The smallest absolute Gasteiger partial charge is 0.0708 e. The molecule has 0 atom stereocenters. The summed E-state index contributed by atoms with van der Waals surface area (Å²) in [6.07, 6.45) is 11.3. The predicted molar refractivity (Wildman–Crippen MR) is 100.0 cm³/mol. The molecule has 0 fully saturated rings. The monoisotopic (exact) mass is 329 g/mol. The molecule has 0 bridgehead atoms. The summed E-state index contributed by atoms with van der Waals surface area (Å²) in [5.74, 6) is 0. The Bertz CT molecular complexity index is 1000. The average molecular weight is 329 g/mol. The maximum absolute atomic E-state index is 4.50. The summed E-state index contributed by atoms with van der Waals surface area (Å²) in [5, 5.41) is 1.13. The number of fused-ring (bicyclic) bond motifs is 1. The van der Waals surface area contributed by atoms with E-state index >= 15 is 0 Å². The van der Waals surface area contributed by atoms with Gasteiger partial charge in [-0.15, -0.1) is 11.8 Å². The second-order valence-electron chi connectivity index (χ2n) is 5.44. The van der Waals surface area contributed by atoms with Crippen molar-refractivity contribution in [2.24, 2.45) is 0 Å². The number of nitrogens with zero attached hydrogens (tertiary/aromatic N) is 3. The topological polar surface area (TPSA) is 38.7 Å². The third-order valence-electron chi connectivity index (χ3n) is 4.02. The highest BCUT2D eigenvalue weighted by Gasteiger charge is 2.07. The van der Waals surface area contributed by atoms with E-state index < -0.39 is 0 Å². The van der Waals surface area contributed by atoms with Crippen molar-refractivity contribution >= 4 is 22.7 Å². The maximum atomic E-state index is 4.50. The van der Waals surface area contributed by atoms with Crippen LogP contribution in [-0.4, -0.2) is 21.2 Å². The number of thioether (sulfide) groups is 1. The first kappa shape index (κ1) is 14.8. The summed E-state index contributed by atoms with van der Waals surface area (Å²) < 4.78 is 0. The Balaban J connectivity index is 1.91. The van der Waals surface area contributed by atoms with Gasteiger partial charge in [0.25, 0.3) is 0 Å². The van der Waals surface area contributed by atoms with E-state index in [1.54, 1.807) is 11.8 Å². The number of hydrogen-bond donors (Lipinski definition) is 0. The van der Waals surface area contributed by atoms with Gasteiger partial charge in [-0.25, -0.2) is 0 Å². The van der Waals surface area contributed by atoms with Gasteiger partial charge < -0.3 is 0 Å². The molecule has 3 heterocycles. The van der Waals surface area contributed by atoms with Gasteiger partial charge in [0.2, 0.25) is 0 Å². The highest BCUT2D eigenvalue weighted by atomic mass is 32.2. The molecule has 1 aromatic carbocycles. The molecular weight excluding hydrogens is 314 g/mol. The van der Waals surface area contributed by atoms with Crippen LogP contribution >= 0.6 is 11.8 Å². The second-order valence-corrected chi connectivity index (χ2v) is 6.32. The Kier molecular flexibility index (Phi) is 3.97. The minimum Gasteiger partial charge on any atom is -0.265 e. The van der Waals surface area contributed by atoms with Crippen LogP contribution in [0.15, 0.2) is 78.3 Å². The fourth-order valence-corrected chi connectivity index (χ4v) is 3.21. The summed E-state index contributed by atoms with van der Waals surface area (Å²) in [6, 6.07) is 14.6. The summed E-state index contributed by atoms with van der Waals surface area (Å²) in [6.45, 7) is 0. The Morgan fingerprint density at radius 2 is 1.62 bits per heavy atom. The average Bonchev–Trinajstić information content (AvgIpc) is 2.68. The first-order chi connectivity index (χ1) is 11.8. The van der Waals surface area contributed by atoms with E-state index in [0.29, 0.717) is 0 Å². The van der Waals surface area contributed by atoms with Crippen molar-refractivity contribution in [3.8, 4) is 22.3 Å². The first-order valence-corrected chi connectivity index (χ1v) is 8.86. The van der Waals surface area contributed by atoms with Crippen LogP contribution in [0, 0.1) is 0 Å². The standard InChI is InChI=1S/C20H15N3S/c1-24-17-10-16(12-22-13-17)15-2-3-20-19(11-15)18(6-9-23-20)14-4-7-21-8-5-14/h2-13H,1H3. The van der Waals surface area contributed by atoms with Gasteiger partial charge in [0.15, 0.2) is 0 Å². The minimum absolute atomic E-state index is 0.988. The zero-order valence-corrected chi connectivity index (χ0v) is 14.0. The van der Waals surface area contributed by atoms with E-state index in [-0.39, 0.29) is 0 Å². The van der Waals surface area contributed by atoms with Crippen molar-refractivity contribution in [3.05, 3.63) is 73.4 Å². The minimum atomic E-state index is 0.988. The lowest BCUT2D eigenvalue weighted by atomic mass is 9.98. The first-order valence-electron chi connectivity index (χ1n) is 7.64. The Morgan fingerprint density at radius 1 is 0.750 bits per heavy atom. The molecule has 0 saturated heterocycles. The van der Waals surface area contributed by atoms with Gasteiger partial charge >= 0.3 is 0 Å². The van der Waals surface area contributed by atoms with Crippen molar-refractivity contribution in [2.45, 2.75) is 4.90 Å². The highest BCUT2D eigenvalue weighted by Crippen LogP contribution is 2.31. The Hall–Kier alpha value is -2.72. The largest absolute Gasteiger partial charge is 0.265 e. The summed E-state index contributed by atoms with van der Waals surface area (Å²) in [7, 11) is 0. The highest BCUT2D eigenvalue weighted by molar-refractivity contribution is 7.98. The molecule has 0 aliphatic rings. The van der Waals surface area contributed by atoms with Crippen LogP contribution in [0.5, 0.6) is 0 Å². The number of rotatable bonds is 3. The molecule has 116 valence electrons. The summed E-state index contributed by atoms with van der Waals surface area (Å²) >= 11 is 1.70. The van der Waals surface area contributed by atoms with Crippen molar-refractivity contribution in [3.63, 3.8) is 0 Å². The van der Waals surface area contributed by atoms with Crippen LogP contribution in [0.25, 0.3) is 33.2 Å². The van der Waals surface area contributed by atoms with E-state index in [2.05, 4.69) is 51.5 Å². The Morgan fingerprint density at radius 3 is 2.46 bits per heavy atom. The third kappa shape index (κ3) is 2.76. The third-order valence-corrected chi connectivity index (χ3v) is 4.71. The van der Waals surface area contributed by atoms with E-state index in [4.69, 9.17) is 0 Å². The second kappa shape index (κ2) is 6.42. The van der Waals surface area contributed by atoms with E-state index in [0.717, 1.165) is 32.5 Å². The molecule has 4 rings (SSSR count). The van der Waals surface area contributed by atoms with Gasteiger partial charge in [-0.2, -0.15) is 0 Å². The van der Waals surface area contributed by atoms with E-state index in [1.165, 1.54) is 5.56 Å². The SMILES string of the molecule is CSc1cncc(-c2ccc3nccc(-c4ccncc4)c3c2)c1. The molecule has 3 aromatic heterocycles. The summed E-state index contributed by atoms with van der Waals surface area (Å²) in [5.41, 5.74) is 5.56. The van der Waals surface area contributed by atoms with Gasteiger partial charge in [0.1, 0.15) is 0 Å². The molecule has 0 amide bonds. The molecule has 0 aliphatic carbocycles. The molecule has 4 heteroatoms. The van der Waals surface area contributed by atoms with Crippen LogP contribution in [0.1, 0.15) is 0 Å². The lowest BCUT2D eigenvalue weighted by Crippen LogP contribution is -1.87. The fourth-order valence-electron chi connectivity index (χ4n) is 2.80. The van der Waals surface area contributed by atoms with Gasteiger partial charge in [-0.1, -0.05) is 6.07 Å². The van der Waals surface area contributed by atoms with Crippen LogP contribution in [0.3, 0.4) is 0 Å². The Labute approximate surface area is 144 Å². The lowest BCUT2D eigenvalue weighted by molar-refractivity contribution is 1.24. The maximum Gasteiger partial charge on any atom is 0.0708 e. The molecule has 0 N–H and O–H groups in total. The molecule has 0 radical (unpaired) electrons. The van der Waals surface area contributed by atoms with Crippen molar-refractivity contribution < 1.29 is 0 Å². The van der Waals surface area contributed by atoms with Crippen LogP contribution in [-0.2, 0) is 0 Å². The van der Waals surface area contributed by atoms with Gasteiger partial charge in [-0.05, 0) is 59.3 Å². The molecular formula is C20H15N3S. The van der Waals surface area contributed by atoms with Gasteiger partial charge in [-0.3, -0.25) is 15.0 Å². The molecule has 0 unspecified atom stereocenters. The van der Waals surface area contributed by atoms with E-state index in [9.17, 15) is 0 Å². The number of hydrogen-bond acceptors (Lipinski definition) is 4. The molecule has 0 saturated carbocycles. The lowest BCUT2D eigenvalue weighted by Gasteiger charge is -2.09. The van der Waals surface area contributed by atoms with Crippen LogP contribution in [0.4, 0.5) is 0 Å². The molecule has 0 aliphatic heterocycles. The van der Waals surface area contributed by atoms with Gasteiger partial charge in [0.05, 0.1) is 5.52 Å². The van der Waals surface area contributed by atoms with Crippen molar-refractivity contribution in [1.82, 2.24) is 15.0 Å². The van der Waals surface area contributed by atoms with E-state index in [1.807, 2.05) is 43.1 Å². The normalized spacial score (nSPS) is 10.9. The fraction of sp³-hybridized carbons (Fsp3) is 0.0500. The number of aromatic nitrogens is 3. The molecule has 24 heavy (non-hydrogen) atoms. The zero-order valence-electron chi connectivity index (χ0n) is 13.2.